The molecule has 0 amide bonds. The lowest BCUT2D eigenvalue weighted by Crippen LogP contribution is -2.30. The Labute approximate surface area is 524 Å². The minimum absolute atomic E-state index is 0.107. The van der Waals surface area contributed by atoms with E-state index < -0.39 is 97.5 Å². The Bertz CT molecular complexity index is 1670. The smallest absolute Gasteiger partial charge is 0.462 e. The van der Waals surface area contributed by atoms with Gasteiger partial charge < -0.3 is 33.8 Å². The molecule has 0 radical (unpaired) electrons. The van der Waals surface area contributed by atoms with Crippen molar-refractivity contribution >= 4 is 39.5 Å². The van der Waals surface area contributed by atoms with E-state index in [9.17, 15) is 43.2 Å². The first-order chi connectivity index (χ1) is 41.5. The number of carbonyl (C=O) groups is 4. The van der Waals surface area contributed by atoms with Gasteiger partial charge in [-0.3, -0.25) is 37.3 Å². The van der Waals surface area contributed by atoms with E-state index in [0.29, 0.717) is 25.7 Å². The molecule has 5 atom stereocenters. The van der Waals surface area contributed by atoms with Gasteiger partial charge in [-0.25, -0.2) is 9.13 Å². The molecule has 0 saturated carbocycles. The van der Waals surface area contributed by atoms with E-state index in [2.05, 4.69) is 34.6 Å². The molecular weight excluding hydrogens is 1140 g/mol. The molecule has 0 bridgehead atoms. The number of ether oxygens (including phenoxy) is 4. The predicted octanol–water partition coefficient (Wildman–Crippen LogP) is 19.0. The van der Waals surface area contributed by atoms with Gasteiger partial charge in [-0.1, -0.05) is 291 Å². The average molecular weight is 1270 g/mol. The number of hydrogen-bond donors (Lipinski definition) is 3. The van der Waals surface area contributed by atoms with E-state index in [-0.39, 0.29) is 25.7 Å². The fraction of sp³-hybridized carbons (Fsp3) is 0.940. The molecule has 17 nitrogen and oxygen atoms in total. The normalized spacial score (nSPS) is 14.2. The van der Waals surface area contributed by atoms with Gasteiger partial charge in [-0.15, -0.1) is 0 Å². The van der Waals surface area contributed by atoms with Gasteiger partial charge in [0.05, 0.1) is 26.4 Å². The highest BCUT2D eigenvalue weighted by molar-refractivity contribution is 7.47. The molecule has 0 aromatic heterocycles. The number of esters is 4. The number of aliphatic hydroxyl groups excluding tert-OH is 1. The van der Waals surface area contributed by atoms with Crippen molar-refractivity contribution in [3.8, 4) is 0 Å². The van der Waals surface area contributed by atoms with Crippen LogP contribution in [0.5, 0.6) is 0 Å². The third kappa shape index (κ3) is 60.9. The monoisotopic (exact) mass is 1270 g/mol. The van der Waals surface area contributed by atoms with Crippen LogP contribution < -0.4 is 0 Å². The predicted molar refractivity (Wildman–Crippen MR) is 345 cm³/mol. The quantitative estimate of drug-likeness (QED) is 0.0222. The van der Waals surface area contributed by atoms with Gasteiger partial charge in [0, 0.05) is 25.7 Å². The molecular formula is C67H130O17P2. The molecule has 0 aliphatic rings. The molecule has 3 N–H and O–H groups in total. The highest BCUT2D eigenvalue weighted by atomic mass is 31.2. The lowest BCUT2D eigenvalue weighted by atomic mass is 10.0. The summed E-state index contributed by atoms with van der Waals surface area (Å²) in [5.41, 5.74) is 0. The molecule has 0 rings (SSSR count). The summed E-state index contributed by atoms with van der Waals surface area (Å²) in [6.07, 6.45) is 46.1. The van der Waals surface area contributed by atoms with Gasteiger partial charge in [0.1, 0.15) is 19.3 Å². The summed E-state index contributed by atoms with van der Waals surface area (Å²) < 4.78 is 68.0. The molecule has 19 heteroatoms. The SMILES string of the molecule is CCCCCCCCCCCCCCCCCC(=O)O[C@H](COC(=O)CCCCCCCCCCCCC(C)C)COP(=O)(O)OC[C@@H](O)COP(=O)(O)OC[C@@H](COC(=O)CCCCCCC)OC(=O)CCCCCCCCCCCCCCC. The number of carbonyl (C=O) groups excluding carboxylic acids is 4. The molecule has 2 unspecified atom stereocenters. The number of phosphoric ester groups is 2. The second-order valence-corrected chi connectivity index (χ2v) is 27.6. The Morgan fingerprint density at radius 1 is 0.314 bits per heavy atom. The Hall–Kier alpha value is -1.94. The number of rotatable bonds is 67. The van der Waals surface area contributed by atoms with Crippen LogP contribution >= 0.6 is 15.6 Å². The van der Waals surface area contributed by atoms with Crippen LogP contribution in [0.3, 0.4) is 0 Å². The van der Waals surface area contributed by atoms with E-state index in [1.807, 2.05) is 0 Å². The Balaban J connectivity index is 5.17. The topological polar surface area (TPSA) is 237 Å². The fourth-order valence-corrected chi connectivity index (χ4v) is 11.7. The number of aliphatic hydroxyl groups is 1. The van der Waals surface area contributed by atoms with E-state index in [1.165, 1.54) is 161 Å². The van der Waals surface area contributed by atoms with Crippen molar-refractivity contribution < 1.29 is 80.2 Å². The van der Waals surface area contributed by atoms with Gasteiger partial charge in [-0.2, -0.15) is 0 Å². The van der Waals surface area contributed by atoms with Gasteiger partial charge in [0.2, 0.25) is 0 Å². The summed E-state index contributed by atoms with van der Waals surface area (Å²) >= 11 is 0. The highest BCUT2D eigenvalue weighted by Gasteiger charge is 2.30. The van der Waals surface area contributed by atoms with Crippen LogP contribution in [0.2, 0.25) is 0 Å². The molecule has 0 heterocycles. The summed E-state index contributed by atoms with van der Waals surface area (Å²) in [7, 11) is -9.88. The number of phosphoric acid groups is 2. The standard InChI is InChI=1S/C67H130O17P2/c1-6-9-12-15-17-19-21-23-24-26-28-34-38-43-48-53-67(72)84-63(57-78-65(70)51-46-41-36-32-30-29-31-35-40-44-49-60(4)5)59-82-86(75,76)80-55-61(68)54-79-85(73,74)81-58-62(56-77-64(69)50-45-39-14-11-8-3)83-66(71)52-47-42-37-33-27-25-22-20-18-16-13-10-7-2/h60-63,68H,6-59H2,1-5H3,(H,73,74)(H,75,76)/t61-,62+,63+/m0/s1. The Morgan fingerprint density at radius 3 is 0.791 bits per heavy atom. The van der Waals surface area contributed by atoms with Crippen molar-refractivity contribution in [3.05, 3.63) is 0 Å². The van der Waals surface area contributed by atoms with Crippen molar-refractivity contribution in [2.75, 3.05) is 39.6 Å². The third-order valence-corrected chi connectivity index (χ3v) is 17.4. The van der Waals surface area contributed by atoms with E-state index in [4.69, 9.17) is 37.0 Å². The number of unbranched alkanes of at least 4 members (excludes halogenated alkanes) is 39. The van der Waals surface area contributed by atoms with Crippen LogP contribution in [0, 0.1) is 5.92 Å². The lowest BCUT2D eigenvalue weighted by Gasteiger charge is -2.21. The van der Waals surface area contributed by atoms with Crippen molar-refractivity contribution in [2.45, 2.75) is 361 Å². The van der Waals surface area contributed by atoms with E-state index in [1.54, 1.807) is 0 Å². The first kappa shape index (κ1) is 84.1. The molecule has 0 aliphatic heterocycles. The number of hydrogen-bond acceptors (Lipinski definition) is 15. The van der Waals surface area contributed by atoms with Crippen LogP contribution in [0.25, 0.3) is 0 Å². The minimum Gasteiger partial charge on any atom is -0.462 e. The summed E-state index contributed by atoms with van der Waals surface area (Å²) in [5, 5.41) is 10.5. The zero-order valence-electron chi connectivity index (χ0n) is 55.4. The van der Waals surface area contributed by atoms with Crippen LogP contribution in [0.4, 0.5) is 0 Å². The third-order valence-electron chi connectivity index (χ3n) is 15.5. The van der Waals surface area contributed by atoms with Crippen LogP contribution in [0.1, 0.15) is 343 Å². The molecule has 86 heavy (non-hydrogen) atoms. The maximum Gasteiger partial charge on any atom is 0.472 e. The van der Waals surface area contributed by atoms with E-state index >= 15 is 0 Å². The maximum atomic E-state index is 13.0. The second-order valence-electron chi connectivity index (χ2n) is 24.7. The second kappa shape index (κ2) is 60.6. The van der Waals surface area contributed by atoms with Crippen molar-refractivity contribution in [1.82, 2.24) is 0 Å². The first-order valence-electron chi connectivity index (χ1n) is 35.1. The van der Waals surface area contributed by atoms with Crippen molar-refractivity contribution in [1.29, 1.82) is 0 Å². The van der Waals surface area contributed by atoms with E-state index in [0.717, 1.165) is 102 Å². The van der Waals surface area contributed by atoms with Gasteiger partial charge in [-0.05, 0) is 31.6 Å². The molecule has 0 spiro atoms. The molecule has 0 aromatic rings. The largest absolute Gasteiger partial charge is 0.472 e. The zero-order valence-corrected chi connectivity index (χ0v) is 57.2. The van der Waals surface area contributed by atoms with Gasteiger partial charge in [0.25, 0.3) is 0 Å². The van der Waals surface area contributed by atoms with Crippen molar-refractivity contribution in [2.24, 2.45) is 5.92 Å². The highest BCUT2D eigenvalue weighted by Crippen LogP contribution is 2.45. The lowest BCUT2D eigenvalue weighted by molar-refractivity contribution is -0.161. The average Bonchev–Trinajstić information content (AvgIpc) is 3.66. The molecule has 0 fully saturated rings. The minimum atomic E-state index is -4.95. The zero-order chi connectivity index (χ0) is 63.5. The Morgan fingerprint density at radius 2 is 0.535 bits per heavy atom. The fourth-order valence-electron chi connectivity index (χ4n) is 10.1. The molecule has 0 aliphatic carbocycles. The van der Waals surface area contributed by atoms with Gasteiger partial charge in [0.15, 0.2) is 12.2 Å². The Kier molecular flexibility index (Phi) is 59.2. The first-order valence-corrected chi connectivity index (χ1v) is 38.1. The van der Waals surface area contributed by atoms with Gasteiger partial charge >= 0.3 is 39.5 Å². The van der Waals surface area contributed by atoms with Crippen LogP contribution in [-0.2, 0) is 65.4 Å². The summed E-state index contributed by atoms with van der Waals surface area (Å²) in [6, 6.07) is 0. The summed E-state index contributed by atoms with van der Waals surface area (Å²) in [5.74, 6) is -1.38. The maximum absolute atomic E-state index is 13.0. The molecule has 0 aromatic carbocycles. The van der Waals surface area contributed by atoms with Crippen LogP contribution in [0.15, 0.2) is 0 Å². The summed E-state index contributed by atoms with van der Waals surface area (Å²) in [4.78, 5) is 72.2. The van der Waals surface area contributed by atoms with Crippen molar-refractivity contribution in [3.63, 3.8) is 0 Å². The molecule has 510 valence electrons. The molecule has 0 saturated heterocycles. The van der Waals surface area contributed by atoms with Crippen LogP contribution in [-0.4, -0.2) is 96.7 Å². The summed E-state index contributed by atoms with van der Waals surface area (Å²) in [6.45, 7) is 7.14.